The van der Waals surface area contributed by atoms with Crippen molar-refractivity contribution in [1.82, 2.24) is 30.9 Å². The molecule has 0 aliphatic carbocycles. The van der Waals surface area contributed by atoms with Crippen molar-refractivity contribution in [2.45, 2.75) is 101 Å². The number of esters is 1. The molecule has 1 fully saturated rings. The molecule has 1 saturated heterocycles. The number of halogens is 7. The molecule has 6 atom stereocenters. The van der Waals surface area contributed by atoms with Crippen LogP contribution in [0.2, 0.25) is 5.02 Å². The van der Waals surface area contributed by atoms with Gasteiger partial charge in [0, 0.05) is 25.9 Å². The average molecular weight is 1160 g/mol. The number of nitrogens with zero attached hydrogens (tertiary/aromatic N) is 3. The third-order valence-electron chi connectivity index (χ3n) is 11.4. The zero-order chi connectivity index (χ0) is 57.9. The summed E-state index contributed by atoms with van der Waals surface area (Å²) < 4.78 is 125. The molecule has 0 radical (unpaired) electrons. The fourth-order valence-corrected chi connectivity index (χ4v) is 7.45. The number of hydrogen-bond donors (Lipinski definition) is 8. The minimum absolute atomic E-state index is 0.0264. The Morgan fingerprint density at radius 3 is 2.05 bits per heavy atom. The second-order valence-corrected chi connectivity index (χ2v) is 17.8. The number of rotatable bonds is 38. The lowest BCUT2D eigenvalue weighted by Crippen LogP contribution is -2.68. The lowest BCUT2D eigenvalue weighted by molar-refractivity contribution is -0.310. The first kappa shape index (κ1) is 65.9. The first-order chi connectivity index (χ1) is 37.8. The lowest BCUT2D eigenvalue weighted by Gasteiger charge is -2.46. The van der Waals surface area contributed by atoms with Crippen molar-refractivity contribution in [2.75, 3.05) is 85.8 Å². The lowest BCUT2D eigenvalue weighted by atomic mass is 9.88. The van der Waals surface area contributed by atoms with E-state index in [1.54, 1.807) is 10.9 Å². The quantitative estimate of drug-likeness (QED) is 0.00987. The number of ether oxygens (including phenoxy) is 8. The Hall–Kier alpha value is -5.64. The Labute approximate surface area is 452 Å². The van der Waals surface area contributed by atoms with Crippen LogP contribution in [0.25, 0.3) is 0 Å². The zero-order valence-electron chi connectivity index (χ0n) is 42.5. The number of carbonyl (C=O) groups is 5. The number of carboxylic acid groups (broad SMARTS) is 1. The van der Waals surface area contributed by atoms with Gasteiger partial charge in [0.15, 0.2) is 0 Å². The van der Waals surface area contributed by atoms with E-state index in [0.29, 0.717) is 38.1 Å². The minimum Gasteiger partial charge on any atom is -0.477 e. The topological polar surface area (TPSA) is 327 Å². The van der Waals surface area contributed by atoms with Gasteiger partial charge in [-0.15, -0.1) is 5.10 Å². The maximum Gasteiger partial charge on any atom is 0.364 e. The Kier molecular flexibility index (Phi) is 28.8. The van der Waals surface area contributed by atoms with Crippen LogP contribution in [-0.4, -0.2) is 192 Å². The van der Waals surface area contributed by atoms with Crippen molar-refractivity contribution in [1.29, 1.82) is 0 Å². The fraction of sp³-hybridized carbons (Fsp3) is 0.604. The molecule has 24 nitrogen and oxygen atoms in total. The molecule has 3 aromatic rings. The molecular formula is C48H63ClF6N6O18. The van der Waals surface area contributed by atoms with E-state index in [-0.39, 0.29) is 108 Å². The van der Waals surface area contributed by atoms with Crippen LogP contribution in [0.1, 0.15) is 56.2 Å². The molecule has 2 heterocycles. The number of carboxylic acids is 1. The minimum atomic E-state index is -2.55. The summed E-state index contributed by atoms with van der Waals surface area (Å²) in [5.41, 5.74) is 0.807. The van der Waals surface area contributed by atoms with Crippen LogP contribution in [0, 0.1) is 34.9 Å². The van der Waals surface area contributed by atoms with Crippen LogP contribution in [0.5, 0.6) is 5.75 Å². The number of aliphatic carboxylic acids is 1. The maximum absolute atomic E-state index is 13.8. The number of hydrogen-bond acceptors (Lipinski definition) is 19. The SMILES string of the molecule is O=C(CCCCCCO[C@]1(C(=O)O)C[C@H](O)[C@@H](NC(=O)CO)[C@H]([C@H](O)[C@H](O)CNC(=O)Cc2ccc(Cl)c(F)c2)O1)NCCOCc1cn(CCOCCOCCOCCOCCC(=O)Oc2c(F)c(F)c(F)c(F)c2F)nn1. The highest BCUT2D eigenvalue weighted by molar-refractivity contribution is 6.30. The number of aliphatic hydroxyl groups is 4. The van der Waals surface area contributed by atoms with Gasteiger partial charge < -0.3 is 79.4 Å². The van der Waals surface area contributed by atoms with Gasteiger partial charge in [0.1, 0.15) is 30.3 Å². The summed E-state index contributed by atoms with van der Waals surface area (Å²) in [5, 5.41) is 67.6. The summed E-state index contributed by atoms with van der Waals surface area (Å²) in [7, 11) is 0. The van der Waals surface area contributed by atoms with Gasteiger partial charge in [0.2, 0.25) is 52.6 Å². The highest BCUT2D eigenvalue weighted by Gasteiger charge is 2.56. The van der Waals surface area contributed by atoms with E-state index in [0.717, 1.165) is 6.07 Å². The summed E-state index contributed by atoms with van der Waals surface area (Å²) in [5.74, 6) is -21.3. The monoisotopic (exact) mass is 1160 g/mol. The molecule has 8 N–H and O–H groups in total. The van der Waals surface area contributed by atoms with Crippen LogP contribution in [-0.2, 0) is 76.7 Å². The van der Waals surface area contributed by atoms with Crippen LogP contribution >= 0.6 is 11.6 Å². The second-order valence-electron chi connectivity index (χ2n) is 17.4. The van der Waals surface area contributed by atoms with Gasteiger partial charge in [-0.2, -0.15) is 8.78 Å². The molecule has 0 spiro atoms. The molecule has 442 valence electrons. The summed E-state index contributed by atoms with van der Waals surface area (Å²) in [6, 6.07) is 2.17. The summed E-state index contributed by atoms with van der Waals surface area (Å²) in [6.07, 6.45) is -5.34. The highest BCUT2D eigenvalue weighted by atomic mass is 35.5. The van der Waals surface area contributed by atoms with E-state index in [4.69, 9.17) is 44.8 Å². The van der Waals surface area contributed by atoms with Crippen LogP contribution in [0.15, 0.2) is 24.4 Å². The third-order valence-corrected chi connectivity index (χ3v) is 11.7. The van der Waals surface area contributed by atoms with Crippen LogP contribution < -0.4 is 20.7 Å². The Morgan fingerprint density at radius 1 is 0.772 bits per heavy atom. The van der Waals surface area contributed by atoms with Gasteiger partial charge in [-0.1, -0.05) is 35.7 Å². The van der Waals surface area contributed by atoms with E-state index in [9.17, 15) is 75.8 Å². The number of benzene rings is 2. The molecular weight excluding hydrogens is 1100 g/mol. The smallest absolute Gasteiger partial charge is 0.364 e. The molecule has 79 heavy (non-hydrogen) atoms. The Balaban J connectivity index is 0.995. The average Bonchev–Trinajstić information content (AvgIpc) is 3.94. The zero-order valence-corrected chi connectivity index (χ0v) is 43.2. The van der Waals surface area contributed by atoms with E-state index in [1.165, 1.54) is 12.1 Å². The number of nitrogens with one attached hydrogen (secondary N) is 3. The fourth-order valence-electron chi connectivity index (χ4n) is 7.34. The standard InChI is InChI=1S/C48H63ClF6N6O18/c49-30-7-6-28(21-31(30)50)22-35(66)57-24-33(64)44(69)46-43(58-36(67)26-62)32(63)23-48(79-46,47(70)71)77-11-4-2-1-3-5-34(65)56-9-13-76-27-29-25-61(60-59-29)10-14-73-16-18-75-20-19-74-17-15-72-12-8-37(68)78-45-41(54)39(52)38(51)40(53)42(45)55/h6-7,21,25,32-33,43-44,46,62-64,69H,1-5,8-20,22-24,26-27H2,(H,56,65)(H,57,66)(H,58,67)(H,70,71)/t32-,33+,43+,44+,46+,48+/m0/s1. The van der Waals surface area contributed by atoms with E-state index in [2.05, 4.69) is 31.0 Å². The second kappa shape index (κ2) is 34.5. The predicted octanol–water partition coefficient (Wildman–Crippen LogP) is 0.917. The first-order valence-corrected chi connectivity index (χ1v) is 25.1. The normalized spacial score (nSPS) is 18.0. The van der Waals surface area contributed by atoms with Crippen LogP contribution in [0.3, 0.4) is 0 Å². The molecule has 31 heteroatoms. The van der Waals surface area contributed by atoms with Crippen molar-refractivity contribution < 1.29 is 114 Å². The number of unbranched alkanes of at least 4 members (excludes halogenated alkanes) is 3. The molecule has 0 bridgehead atoms. The summed E-state index contributed by atoms with van der Waals surface area (Å²) in [4.78, 5) is 61.3. The molecule has 1 aliphatic rings. The molecule has 2 aromatic carbocycles. The highest BCUT2D eigenvalue weighted by Crippen LogP contribution is 2.34. The van der Waals surface area contributed by atoms with Gasteiger partial charge in [-0.25, -0.2) is 27.0 Å². The number of carbonyl (C=O) groups excluding carboxylic acids is 4. The molecule has 0 saturated carbocycles. The molecule has 1 aliphatic heterocycles. The van der Waals surface area contributed by atoms with E-state index >= 15 is 0 Å². The van der Waals surface area contributed by atoms with Gasteiger partial charge in [0.25, 0.3) is 5.79 Å². The van der Waals surface area contributed by atoms with Crippen molar-refractivity contribution in [3.05, 3.63) is 75.6 Å². The summed E-state index contributed by atoms with van der Waals surface area (Å²) in [6.45, 7) is 0.262. The van der Waals surface area contributed by atoms with Gasteiger partial charge in [0.05, 0.1) is 122 Å². The predicted molar refractivity (Wildman–Crippen MR) is 257 cm³/mol. The van der Waals surface area contributed by atoms with E-state index in [1.807, 2.05) is 0 Å². The van der Waals surface area contributed by atoms with Crippen molar-refractivity contribution in [2.24, 2.45) is 0 Å². The maximum atomic E-state index is 13.8. The van der Waals surface area contributed by atoms with Gasteiger partial charge >= 0.3 is 11.9 Å². The van der Waals surface area contributed by atoms with Crippen molar-refractivity contribution >= 4 is 41.3 Å². The van der Waals surface area contributed by atoms with Gasteiger partial charge in [-0.3, -0.25) is 19.2 Å². The molecule has 0 unspecified atom stereocenters. The number of aliphatic hydroxyl groups excluding tert-OH is 4. The van der Waals surface area contributed by atoms with Gasteiger partial charge in [-0.05, 0) is 30.5 Å². The molecule has 1 aromatic heterocycles. The largest absolute Gasteiger partial charge is 0.477 e. The summed E-state index contributed by atoms with van der Waals surface area (Å²) >= 11 is 5.67. The molecule has 4 rings (SSSR count). The Morgan fingerprint density at radius 2 is 1.41 bits per heavy atom. The molecule has 3 amide bonds. The first-order valence-electron chi connectivity index (χ1n) is 24.7. The van der Waals surface area contributed by atoms with E-state index < -0.39 is 127 Å². The van der Waals surface area contributed by atoms with Crippen molar-refractivity contribution in [3.63, 3.8) is 0 Å². The number of amides is 3. The van der Waals surface area contributed by atoms with Crippen LogP contribution in [0.4, 0.5) is 26.3 Å². The number of aromatic nitrogens is 3. The van der Waals surface area contributed by atoms with Crippen molar-refractivity contribution in [3.8, 4) is 5.75 Å². The Bertz CT molecular complexity index is 2410. The third kappa shape index (κ3) is 22.1.